The van der Waals surface area contributed by atoms with Gasteiger partial charge >= 0.3 is 12.1 Å². The Morgan fingerprint density at radius 3 is 2.50 bits per heavy atom. The van der Waals surface area contributed by atoms with E-state index in [1.54, 1.807) is 39.0 Å². The predicted octanol–water partition coefficient (Wildman–Crippen LogP) is 3.76. The van der Waals surface area contributed by atoms with Crippen molar-refractivity contribution in [2.24, 2.45) is 5.92 Å². The van der Waals surface area contributed by atoms with Crippen LogP contribution >= 0.6 is 23.2 Å². The largest absolute Gasteiger partial charge is 0.481 e. The van der Waals surface area contributed by atoms with Crippen LogP contribution in [0.25, 0.3) is 0 Å². The summed E-state index contributed by atoms with van der Waals surface area (Å²) >= 11 is 11.9. The Labute approximate surface area is 139 Å². The number of ether oxygens (including phenoxy) is 1. The SMILES string of the molecule is CC(C)(C)OC(=O)NC[C@@H](Cc1cc(Cl)ccc1Cl)C(=O)O. The van der Waals surface area contributed by atoms with Crippen LogP contribution in [0.15, 0.2) is 18.2 Å². The third-order valence-electron chi connectivity index (χ3n) is 2.72. The van der Waals surface area contributed by atoms with E-state index < -0.39 is 23.6 Å². The number of rotatable bonds is 5. The molecule has 0 unspecified atom stereocenters. The smallest absolute Gasteiger partial charge is 0.407 e. The summed E-state index contributed by atoms with van der Waals surface area (Å²) in [5, 5.41) is 12.6. The summed E-state index contributed by atoms with van der Waals surface area (Å²) in [6.45, 7) is 5.13. The highest BCUT2D eigenvalue weighted by Crippen LogP contribution is 2.23. The maximum atomic E-state index is 11.6. The lowest BCUT2D eigenvalue weighted by molar-refractivity contribution is -0.141. The zero-order valence-corrected chi connectivity index (χ0v) is 14.2. The van der Waals surface area contributed by atoms with E-state index in [1.165, 1.54) is 0 Å². The van der Waals surface area contributed by atoms with E-state index in [-0.39, 0.29) is 13.0 Å². The van der Waals surface area contributed by atoms with Gasteiger partial charge in [-0.15, -0.1) is 0 Å². The maximum absolute atomic E-state index is 11.6. The van der Waals surface area contributed by atoms with E-state index in [2.05, 4.69) is 5.32 Å². The molecule has 1 amide bonds. The van der Waals surface area contributed by atoms with Crippen LogP contribution in [0.5, 0.6) is 0 Å². The normalized spacial score (nSPS) is 12.6. The van der Waals surface area contributed by atoms with Crippen LogP contribution in [0.3, 0.4) is 0 Å². The van der Waals surface area contributed by atoms with Crippen molar-refractivity contribution in [2.75, 3.05) is 6.54 Å². The molecule has 7 heteroatoms. The monoisotopic (exact) mass is 347 g/mol. The first-order valence-corrected chi connectivity index (χ1v) is 7.47. The van der Waals surface area contributed by atoms with Crippen molar-refractivity contribution in [3.8, 4) is 0 Å². The predicted molar refractivity (Wildman–Crippen MR) is 85.5 cm³/mol. The second-order valence-electron chi connectivity index (χ2n) is 5.86. The Morgan fingerprint density at radius 2 is 1.95 bits per heavy atom. The standard InChI is InChI=1S/C15H19Cl2NO4/c1-15(2,3)22-14(21)18-8-10(13(19)20)6-9-7-11(16)4-5-12(9)17/h4-5,7,10H,6,8H2,1-3H3,(H,18,21)(H,19,20)/t10-/m1/s1. The van der Waals surface area contributed by atoms with Crippen molar-refractivity contribution in [3.63, 3.8) is 0 Å². The van der Waals surface area contributed by atoms with Gasteiger partial charge in [-0.25, -0.2) is 4.79 Å². The average Bonchev–Trinajstić information content (AvgIpc) is 2.36. The minimum Gasteiger partial charge on any atom is -0.481 e. The minimum atomic E-state index is -1.04. The van der Waals surface area contributed by atoms with Crippen molar-refractivity contribution >= 4 is 35.3 Å². The fraction of sp³-hybridized carbons (Fsp3) is 0.467. The summed E-state index contributed by atoms with van der Waals surface area (Å²) in [6.07, 6.45) is -0.499. The molecule has 0 aliphatic rings. The van der Waals surface area contributed by atoms with E-state index in [4.69, 9.17) is 27.9 Å². The number of alkyl carbamates (subject to hydrolysis) is 1. The zero-order valence-electron chi connectivity index (χ0n) is 12.7. The number of carboxylic acids is 1. The molecule has 1 rings (SSSR count). The van der Waals surface area contributed by atoms with Gasteiger partial charge < -0.3 is 15.2 Å². The number of benzene rings is 1. The summed E-state index contributed by atoms with van der Waals surface area (Å²) in [4.78, 5) is 22.9. The molecular weight excluding hydrogens is 329 g/mol. The molecule has 0 fully saturated rings. The molecule has 0 radical (unpaired) electrons. The fourth-order valence-electron chi connectivity index (χ4n) is 1.73. The molecule has 0 aliphatic carbocycles. The molecule has 1 atom stereocenters. The van der Waals surface area contributed by atoms with Crippen molar-refractivity contribution in [1.82, 2.24) is 5.32 Å². The molecule has 0 bridgehead atoms. The van der Waals surface area contributed by atoms with E-state index in [1.807, 2.05) is 0 Å². The molecule has 1 aromatic rings. The number of amides is 1. The molecule has 0 aliphatic heterocycles. The van der Waals surface area contributed by atoms with Crippen molar-refractivity contribution < 1.29 is 19.4 Å². The Morgan fingerprint density at radius 1 is 1.32 bits per heavy atom. The highest BCUT2D eigenvalue weighted by molar-refractivity contribution is 6.33. The number of aliphatic carboxylic acids is 1. The lowest BCUT2D eigenvalue weighted by Gasteiger charge is -2.21. The number of carbonyl (C=O) groups excluding carboxylic acids is 1. The Hall–Kier alpha value is -1.46. The molecule has 1 aromatic carbocycles. The van der Waals surface area contributed by atoms with Gasteiger partial charge in [0.25, 0.3) is 0 Å². The molecule has 122 valence electrons. The second-order valence-corrected chi connectivity index (χ2v) is 6.70. The van der Waals surface area contributed by atoms with Crippen LogP contribution in [0.4, 0.5) is 4.79 Å². The average molecular weight is 348 g/mol. The van der Waals surface area contributed by atoms with Gasteiger partial charge in [-0.1, -0.05) is 23.2 Å². The Balaban J connectivity index is 2.69. The number of nitrogens with one attached hydrogen (secondary N) is 1. The van der Waals surface area contributed by atoms with Gasteiger partial charge in [-0.05, 0) is 51.0 Å². The Bertz CT molecular complexity index is 555. The summed E-state index contributed by atoms with van der Waals surface area (Å²) in [5.74, 6) is -1.87. The van der Waals surface area contributed by atoms with Crippen molar-refractivity contribution in [2.45, 2.75) is 32.8 Å². The fourth-order valence-corrected chi connectivity index (χ4v) is 2.12. The number of halogens is 2. The highest BCUT2D eigenvalue weighted by Gasteiger charge is 2.22. The second kappa shape index (κ2) is 7.70. The summed E-state index contributed by atoms with van der Waals surface area (Å²) in [7, 11) is 0. The molecule has 0 spiro atoms. The quantitative estimate of drug-likeness (QED) is 0.850. The van der Waals surface area contributed by atoms with Gasteiger partial charge in [-0.3, -0.25) is 4.79 Å². The van der Waals surface area contributed by atoms with E-state index in [0.717, 1.165) is 0 Å². The van der Waals surface area contributed by atoms with Crippen molar-refractivity contribution in [3.05, 3.63) is 33.8 Å². The Kier molecular flexibility index (Phi) is 6.50. The summed E-state index contributed by atoms with van der Waals surface area (Å²) in [5.41, 5.74) is -0.0217. The van der Waals surface area contributed by atoms with Crippen LogP contribution in [0, 0.1) is 5.92 Å². The lowest BCUT2D eigenvalue weighted by Crippen LogP contribution is -2.37. The molecule has 22 heavy (non-hydrogen) atoms. The van der Waals surface area contributed by atoms with Crippen LogP contribution in [0.1, 0.15) is 26.3 Å². The number of carbonyl (C=O) groups is 2. The number of hydrogen-bond donors (Lipinski definition) is 2. The molecule has 0 saturated heterocycles. The van der Waals surface area contributed by atoms with Crippen molar-refractivity contribution in [1.29, 1.82) is 0 Å². The van der Waals surface area contributed by atoms with E-state index >= 15 is 0 Å². The van der Waals surface area contributed by atoms with Crippen LogP contribution < -0.4 is 5.32 Å². The topological polar surface area (TPSA) is 75.6 Å². The molecule has 0 aromatic heterocycles. The van der Waals surface area contributed by atoms with E-state index in [9.17, 15) is 14.7 Å². The highest BCUT2D eigenvalue weighted by atomic mass is 35.5. The zero-order chi connectivity index (χ0) is 16.9. The minimum absolute atomic E-state index is 0.0624. The molecule has 5 nitrogen and oxygen atoms in total. The maximum Gasteiger partial charge on any atom is 0.407 e. The first kappa shape index (κ1) is 18.6. The van der Waals surface area contributed by atoms with Gasteiger partial charge in [0.05, 0.1) is 5.92 Å². The summed E-state index contributed by atoms with van der Waals surface area (Å²) < 4.78 is 5.07. The van der Waals surface area contributed by atoms with Gasteiger partial charge in [0.1, 0.15) is 5.60 Å². The van der Waals surface area contributed by atoms with Gasteiger partial charge in [0, 0.05) is 16.6 Å². The lowest BCUT2D eigenvalue weighted by atomic mass is 9.99. The first-order chi connectivity index (χ1) is 10.1. The molecular formula is C15H19Cl2NO4. The van der Waals surface area contributed by atoms with Crippen LogP contribution in [0.2, 0.25) is 10.0 Å². The van der Waals surface area contributed by atoms with E-state index in [0.29, 0.717) is 15.6 Å². The van der Waals surface area contributed by atoms with Crippen LogP contribution in [-0.2, 0) is 16.0 Å². The molecule has 2 N–H and O–H groups in total. The third kappa shape index (κ3) is 6.54. The van der Waals surface area contributed by atoms with Gasteiger partial charge in [0.2, 0.25) is 0 Å². The molecule has 0 heterocycles. The first-order valence-electron chi connectivity index (χ1n) is 6.72. The van der Waals surface area contributed by atoms with Gasteiger partial charge in [-0.2, -0.15) is 0 Å². The number of hydrogen-bond acceptors (Lipinski definition) is 3. The van der Waals surface area contributed by atoms with Gasteiger partial charge in [0.15, 0.2) is 0 Å². The third-order valence-corrected chi connectivity index (χ3v) is 3.32. The van der Waals surface area contributed by atoms with Crippen LogP contribution in [-0.4, -0.2) is 29.3 Å². The number of carboxylic acid groups (broad SMARTS) is 1. The molecule has 0 saturated carbocycles. The summed E-state index contributed by atoms with van der Waals surface area (Å²) in [6, 6.07) is 4.86.